The molecule has 0 saturated carbocycles. The van der Waals surface area contributed by atoms with Gasteiger partial charge in [-0.1, -0.05) is 12.1 Å². The molecule has 1 atom stereocenters. The molecule has 1 saturated heterocycles. The highest BCUT2D eigenvalue weighted by Gasteiger charge is 2.34. The third kappa shape index (κ3) is 2.90. The molecule has 19 heavy (non-hydrogen) atoms. The molecule has 3 heteroatoms. The third-order valence-corrected chi connectivity index (χ3v) is 3.95. The van der Waals surface area contributed by atoms with Gasteiger partial charge >= 0.3 is 0 Å². The van der Waals surface area contributed by atoms with Gasteiger partial charge < -0.3 is 10.2 Å². The SMILES string of the molecule is Cc1ccc(C)c(N2CC(CC#N)NCC2(C)C)c1. The number of hydrogen-bond acceptors (Lipinski definition) is 3. The molecule has 1 aliphatic heterocycles. The second-order valence-electron chi connectivity index (χ2n) is 6.15. The Balaban J connectivity index is 2.33. The summed E-state index contributed by atoms with van der Waals surface area (Å²) in [6.45, 7) is 10.6. The van der Waals surface area contributed by atoms with Gasteiger partial charge in [-0.05, 0) is 44.9 Å². The fourth-order valence-corrected chi connectivity index (χ4v) is 2.70. The van der Waals surface area contributed by atoms with E-state index in [-0.39, 0.29) is 11.6 Å². The molecule has 0 amide bonds. The van der Waals surface area contributed by atoms with E-state index in [1.54, 1.807) is 0 Å². The molecule has 102 valence electrons. The number of aryl methyl sites for hydroxylation is 2. The first-order valence-corrected chi connectivity index (χ1v) is 6.89. The predicted octanol–water partition coefficient (Wildman–Crippen LogP) is 2.77. The van der Waals surface area contributed by atoms with Crippen molar-refractivity contribution in [2.75, 3.05) is 18.0 Å². The minimum atomic E-state index is 0.0739. The molecule has 1 aromatic rings. The minimum absolute atomic E-state index is 0.0739. The van der Waals surface area contributed by atoms with Crippen LogP contribution in [0, 0.1) is 25.2 Å². The molecule has 1 unspecified atom stereocenters. The highest BCUT2D eigenvalue weighted by molar-refractivity contribution is 5.57. The van der Waals surface area contributed by atoms with Gasteiger partial charge in [-0.3, -0.25) is 0 Å². The van der Waals surface area contributed by atoms with Gasteiger partial charge in [0.1, 0.15) is 0 Å². The molecule has 0 spiro atoms. The van der Waals surface area contributed by atoms with E-state index in [1.807, 2.05) is 0 Å². The van der Waals surface area contributed by atoms with Crippen molar-refractivity contribution in [2.45, 2.75) is 45.7 Å². The van der Waals surface area contributed by atoms with Crippen LogP contribution in [0.15, 0.2) is 18.2 Å². The van der Waals surface area contributed by atoms with Crippen LogP contribution in [0.1, 0.15) is 31.4 Å². The van der Waals surface area contributed by atoms with Crippen molar-refractivity contribution < 1.29 is 0 Å². The Morgan fingerprint density at radius 2 is 2.16 bits per heavy atom. The summed E-state index contributed by atoms with van der Waals surface area (Å²) in [5.41, 5.74) is 3.96. The molecule has 2 rings (SSSR count). The van der Waals surface area contributed by atoms with Gasteiger partial charge in [0.05, 0.1) is 12.5 Å². The molecule has 3 nitrogen and oxygen atoms in total. The van der Waals surface area contributed by atoms with Crippen molar-refractivity contribution in [1.29, 1.82) is 5.26 Å². The average Bonchev–Trinajstić information content (AvgIpc) is 2.35. The van der Waals surface area contributed by atoms with Gasteiger partial charge in [-0.15, -0.1) is 0 Å². The van der Waals surface area contributed by atoms with Crippen molar-refractivity contribution in [1.82, 2.24) is 5.32 Å². The molecule has 0 bridgehead atoms. The number of piperazine rings is 1. The van der Waals surface area contributed by atoms with Crippen molar-refractivity contribution in [3.63, 3.8) is 0 Å². The second-order valence-corrected chi connectivity index (χ2v) is 6.15. The number of nitrogens with zero attached hydrogens (tertiary/aromatic N) is 2. The summed E-state index contributed by atoms with van der Waals surface area (Å²) in [7, 11) is 0. The Bertz CT molecular complexity index is 499. The fourth-order valence-electron chi connectivity index (χ4n) is 2.70. The number of hydrogen-bond donors (Lipinski definition) is 1. The third-order valence-electron chi connectivity index (χ3n) is 3.95. The lowest BCUT2D eigenvalue weighted by atomic mass is 9.94. The predicted molar refractivity (Wildman–Crippen MR) is 79.4 cm³/mol. The summed E-state index contributed by atoms with van der Waals surface area (Å²) in [5.74, 6) is 0. The Kier molecular flexibility index (Phi) is 3.82. The van der Waals surface area contributed by atoms with Gasteiger partial charge in [0, 0.05) is 30.4 Å². The molecule has 0 radical (unpaired) electrons. The zero-order valence-electron chi connectivity index (χ0n) is 12.3. The van der Waals surface area contributed by atoms with E-state index in [9.17, 15) is 0 Å². The number of rotatable bonds is 2. The lowest BCUT2D eigenvalue weighted by Gasteiger charge is -2.48. The van der Waals surface area contributed by atoms with Crippen LogP contribution in [-0.4, -0.2) is 24.7 Å². The van der Waals surface area contributed by atoms with E-state index in [1.165, 1.54) is 16.8 Å². The molecule has 0 aromatic heterocycles. The van der Waals surface area contributed by atoms with Crippen molar-refractivity contribution >= 4 is 5.69 Å². The van der Waals surface area contributed by atoms with Crippen molar-refractivity contribution in [3.8, 4) is 6.07 Å². The Morgan fingerprint density at radius 3 is 2.84 bits per heavy atom. The summed E-state index contributed by atoms with van der Waals surface area (Å²) in [6, 6.07) is 9.13. The smallest absolute Gasteiger partial charge is 0.0638 e. The van der Waals surface area contributed by atoms with Crippen LogP contribution in [0.3, 0.4) is 0 Å². The number of nitriles is 1. The maximum absolute atomic E-state index is 8.90. The zero-order chi connectivity index (χ0) is 14.0. The Labute approximate surface area is 116 Å². The summed E-state index contributed by atoms with van der Waals surface area (Å²) < 4.78 is 0. The lowest BCUT2D eigenvalue weighted by Crippen LogP contribution is -2.62. The standard InChI is InChI=1S/C16H23N3/c1-12-5-6-13(2)15(9-12)19-10-14(7-8-17)18-11-16(19,3)4/h5-6,9,14,18H,7,10-11H2,1-4H3. The summed E-state index contributed by atoms with van der Waals surface area (Å²) in [6.07, 6.45) is 0.567. The van der Waals surface area contributed by atoms with Crippen LogP contribution in [0.25, 0.3) is 0 Å². The van der Waals surface area contributed by atoms with Crippen LogP contribution in [-0.2, 0) is 0 Å². The van der Waals surface area contributed by atoms with Gasteiger partial charge in [0.2, 0.25) is 0 Å². The lowest BCUT2D eigenvalue weighted by molar-refractivity contribution is 0.324. The second kappa shape index (κ2) is 5.22. The summed E-state index contributed by atoms with van der Waals surface area (Å²) in [4.78, 5) is 2.45. The van der Waals surface area contributed by atoms with Gasteiger partial charge in [0.15, 0.2) is 0 Å². The molecule has 1 aromatic carbocycles. The molecule has 0 aliphatic carbocycles. The van der Waals surface area contributed by atoms with E-state index in [0.29, 0.717) is 6.42 Å². The van der Waals surface area contributed by atoms with Gasteiger partial charge in [-0.2, -0.15) is 5.26 Å². The number of benzene rings is 1. The van der Waals surface area contributed by atoms with Crippen LogP contribution in [0.4, 0.5) is 5.69 Å². The highest BCUT2D eigenvalue weighted by atomic mass is 15.3. The molecular weight excluding hydrogens is 234 g/mol. The fraction of sp³-hybridized carbons (Fsp3) is 0.562. The van der Waals surface area contributed by atoms with Crippen LogP contribution in [0.5, 0.6) is 0 Å². The van der Waals surface area contributed by atoms with Crippen LogP contribution in [0.2, 0.25) is 0 Å². The largest absolute Gasteiger partial charge is 0.363 e. The van der Waals surface area contributed by atoms with E-state index in [4.69, 9.17) is 5.26 Å². The first-order chi connectivity index (χ1) is 8.94. The number of anilines is 1. The quantitative estimate of drug-likeness (QED) is 0.885. The van der Waals surface area contributed by atoms with Gasteiger partial charge in [0.25, 0.3) is 0 Å². The summed E-state index contributed by atoms with van der Waals surface area (Å²) >= 11 is 0. The van der Waals surface area contributed by atoms with Crippen LogP contribution < -0.4 is 10.2 Å². The topological polar surface area (TPSA) is 39.1 Å². The molecule has 1 heterocycles. The normalized spacial score (nSPS) is 22.1. The van der Waals surface area contributed by atoms with E-state index < -0.39 is 0 Å². The van der Waals surface area contributed by atoms with Crippen molar-refractivity contribution in [2.24, 2.45) is 0 Å². The zero-order valence-corrected chi connectivity index (χ0v) is 12.3. The van der Waals surface area contributed by atoms with Crippen molar-refractivity contribution in [3.05, 3.63) is 29.3 Å². The number of nitrogens with one attached hydrogen (secondary N) is 1. The Morgan fingerprint density at radius 1 is 1.42 bits per heavy atom. The minimum Gasteiger partial charge on any atom is -0.363 e. The first-order valence-electron chi connectivity index (χ1n) is 6.89. The highest BCUT2D eigenvalue weighted by Crippen LogP contribution is 2.30. The summed E-state index contributed by atoms with van der Waals surface area (Å²) in [5, 5.41) is 12.4. The average molecular weight is 257 g/mol. The van der Waals surface area contributed by atoms with Gasteiger partial charge in [-0.25, -0.2) is 0 Å². The van der Waals surface area contributed by atoms with E-state index >= 15 is 0 Å². The molecule has 1 N–H and O–H groups in total. The maximum Gasteiger partial charge on any atom is 0.0638 e. The molecule has 1 aliphatic rings. The molecular formula is C16H23N3. The van der Waals surface area contributed by atoms with E-state index in [2.05, 4.69) is 62.2 Å². The Hall–Kier alpha value is -1.53. The van der Waals surface area contributed by atoms with Crippen LogP contribution >= 0.6 is 0 Å². The van der Waals surface area contributed by atoms with E-state index in [0.717, 1.165) is 13.1 Å². The maximum atomic E-state index is 8.90. The first kappa shape index (κ1) is 13.9. The monoisotopic (exact) mass is 257 g/mol. The molecule has 1 fully saturated rings.